The van der Waals surface area contributed by atoms with Crippen LogP contribution >= 0.6 is 0 Å². The molecule has 0 amide bonds. The minimum Gasteiger partial charge on any atom is -0.312 e. The van der Waals surface area contributed by atoms with Gasteiger partial charge in [0.05, 0.1) is 0 Å². The van der Waals surface area contributed by atoms with Crippen molar-refractivity contribution in [2.45, 2.75) is 96.6 Å². The topological polar surface area (TPSA) is 12.0 Å². The molecule has 1 nitrogen and oxygen atoms in total. The van der Waals surface area contributed by atoms with E-state index in [0.29, 0.717) is 0 Å². The SMILES string of the molecule is CCCCCCCCCC1CCCC(C)N1. The Morgan fingerprint density at radius 3 is 2.31 bits per heavy atom. The Bertz CT molecular complexity index is 156. The summed E-state index contributed by atoms with van der Waals surface area (Å²) in [4.78, 5) is 0. The van der Waals surface area contributed by atoms with Crippen LogP contribution in [0.4, 0.5) is 0 Å². The molecular weight excluding hydrogens is 194 g/mol. The van der Waals surface area contributed by atoms with Gasteiger partial charge >= 0.3 is 0 Å². The molecule has 0 aromatic heterocycles. The van der Waals surface area contributed by atoms with Gasteiger partial charge < -0.3 is 5.32 Å². The third-order valence-corrected chi connectivity index (χ3v) is 3.87. The summed E-state index contributed by atoms with van der Waals surface area (Å²) < 4.78 is 0. The lowest BCUT2D eigenvalue weighted by Gasteiger charge is -2.28. The molecule has 1 aliphatic rings. The van der Waals surface area contributed by atoms with E-state index < -0.39 is 0 Å². The van der Waals surface area contributed by atoms with Crippen molar-refractivity contribution in [2.24, 2.45) is 0 Å². The quantitative estimate of drug-likeness (QED) is 0.593. The highest BCUT2D eigenvalue weighted by molar-refractivity contribution is 4.77. The van der Waals surface area contributed by atoms with E-state index in [4.69, 9.17) is 0 Å². The molecule has 0 aromatic rings. The lowest BCUT2D eigenvalue weighted by molar-refractivity contribution is 0.314. The minimum absolute atomic E-state index is 0.767. The van der Waals surface area contributed by atoms with Crippen LogP contribution in [-0.4, -0.2) is 12.1 Å². The third-order valence-electron chi connectivity index (χ3n) is 3.87. The second kappa shape index (κ2) is 9.04. The van der Waals surface area contributed by atoms with Crippen molar-refractivity contribution in [3.05, 3.63) is 0 Å². The van der Waals surface area contributed by atoms with E-state index in [1.54, 1.807) is 0 Å². The van der Waals surface area contributed by atoms with E-state index in [9.17, 15) is 0 Å². The summed E-state index contributed by atoms with van der Waals surface area (Å²) in [5.41, 5.74) is 0. The van der Waals surface area contributed by atoms with Crippen molar-refractivity contribution in [3.8, 4) is 0 Å². The first-order chi connectivity index (χ1) is 7.83. The Kier molecular flexibility index (Phi) is 7.92. The smallest absolute Gasteiger partial charge is 0.00695 e. The molecule has 1 saturated heterocycles. The fraction of sp³-hybridized carbons (Fsp3) is 1.00. The lowest BCUT2D eigenvalue weighted by Crippen LogP contribution is -2.40. The van der Waals surface area contributed by atoms with Gasteiger partial charge in [-0.25, -0.2) is 0 Å². The van der Waals surface area contributed by atoms with E-state index in [1.807, 2.05) is 0 Å². The zero-order valence-electron chi connectivity index (χ0n) is 11.4. The Labute approximate surface area is 102 Å². The van der Waals surface area contributed by atoms with Gasteiger partial charge in [0, 0.05) is 12.1 Å². The van der Waals surface area contributed by atoms with Gasteiger partial charge in [-0.3, -0.25) is 0 Å². The van der Waals surface area contributed by atoms with Crippen LogP contribution in [0.5, 0.6) is 0 Å². The van der Waals surface area contributed by atoms with Crippen molar-refractivity contribution < 1.29 is 0 Å². The predicted molar refractivity (Wildman–Crippen MR) is 72.8 cm³/mol. The Morgan fingerprint density at radius 2 is 1.62 bits per heavy atom. The number of hydrogen-bond acceptors (Lipinski definition) is 1. The highest BCUT2D eigenvalue weighted by atomic mass is 15.0. The van der Waals surface area contributed by atoms with E-state index >= 15 is 0 Å². The van der Waals surface area contributed by atoms with Gasteiger partial charge in [0.25, 0.3) is 0 Å². The average molecular weight is 225 g/mol. The van der Waals surface area contributed by atoms with Crippen LogP contribution in [0.1, 0.15) is 84.5 Å². The first-order valence-corrected chi connectivity index (χ1v) is 7.59. The zero-order valence-corrected chi connectivity index (χ0v) is 11.4. The molecule has 0 radical (unpaired) electrons. The predicted octanol–water partition coefficient (Wildman–Crippen LogP) is 4.66. The lowest BCUT2D eigenvalue weighted by atomic mass is 9.95. The molecule has 1 aliphatic heterocycles. The molecule has 1 N–H and O–H groups in total. The van der Waals surface area contributed by atoms with Crippen molar-refractivity contribution in [1.29, 1.82) is 0 Å². The van der Waals surface area contributed by atoms with Crippen LogP contribution in [0.3, 0.4) is 0 Å². The van der Waals surface area contributed by atoms with Crippen LogP contribution in [-0.2, 0) is 0 Å². The van der Waals surface area contributed by atoms with Gasteiger partial charge in [-0.2, -0.15) is 0 Å². The normalized spacial score (nSPS) is 25.9. The summed E-state index contributed by atoms with van der Waals surface area (Å²) in [6.07, 6.45) is 15.7. The number of hydrogen-bond donors (Lipinski definition) is 1. The molecule has 2 unspecified atom stereocenters. The molecule has 0 spiro atoms. The van der Waals surface area contributed by atoms with Gasteiger partial charge in [0.15, 0.2) is 0 Å². The van der Waals surface area contributed by atoms with Crippen molar-refractivity contribution in [3.63, 3.8) is 0 Å². The molecule has 1 heterocycles. The second-order valence-electron chi connectivity index (χ2n) is 5.61. The van der Waals surface area contributed by atoms with Gasteiger partial charge in [0.1, 0.15) is 0 Å². The fourth-order valence-corrected chi connectivity index (χ4v) is 2.81. The molecular formula is C15H31N. The number of rotatable bonds is 8. The second-order valence-corrected chi connectivity index (χ2v) is 5.61. The molecule has 1 fully saturated rings. The summed E-state index contributed by atoms with van der Waals surface area (Å²) in [5, 5.41) is 3.73. The molecule has 2 atom stereocenters. The van der Waals surface area contributed by atoms with Crippen molar-refractivity contribution >= 4 is 0 Å². The third kappa shape index (κ3) is 6.52. The van der Waals surface area contributed by atoms with Crippen LogP contribution in [0.15, 0.2) is 0 Å². The molecule has 1 rings (SSSR count). The molecule has 0 aromatic carbocycles. The summed E-state index contributed by atoms with van der Waals surface area (Å²) in [6, 6.07) is 1.60. The summed E-state index contributed by atoms with van der Waals surface area (Å²) in [7, 11) is 0. The zero-order chi connectivity index (χ0) is 11.6. The van der Waals surface area contributed by atoms with E-state index in [0.717, 1.165) is 12.1 Å². The van der Waals surface area contributed by atoms with Crippen LogP contribution in [0.25, 0.3) is 0 Å². The molecule has 96 valence electrons. The fourth-order valence-electron chi connectivity index (χ4n) is 2.81. The highest BCUT2D eigenvalue weighted by Gasteiger charge is 2.16. The van der Waals surface area contributed by atoms with Gasteiger partial charge in [-0.05, 0) is 26.2 Å². The van der Waals surface area contributed by atoms with Crippen molar-refractivity contribution in [1.82, 2.24) is 5.32 Å². The molecule has 0 bridgehead atoms. The van der Waals surface area contributed by atoms with Gasteiger partial charge in [0.2, 0.25) is 0 Å². The number of unbranched alkanes of at least 4 members (excludes halogenated alkanes) is 6. The van der Waals surface area contributed by atoms with Crippen LogP contribution < -0.4 is 5.32 Å². The first kappa shape index (κ1) is 14.0. The standard InChI is InChI=1S/C15H31N/c1-3-4-5-6-7-8-9-12-15-13-10-11-14(2)16-15/h14-16H,3-13H2,1-2H3. The number of piperidine rings is 1. The highest BCUT2D eigenvalue weighted by Crippen LogP contribution is 2.17. The number of nitrogens with one attached hydrogen (secondary N) is 1. The van der Waals surface area contributed by atoms with Gasteiger partial charge in [-0.15, -0.1) is 0 Å². The average Bonchev–Trinajstić information content (AvgIpc) is 2.28. The maximum absolute atomic E-state index is 3.73. The maximum atomic E-state index is 3.73. The van der Waals surface area contributed by atoms with Crippen LogP contribution in [0.2, 0.25) is 0 Å². The molecule has 16 heavy (non-hydrogen) atoms. The Hall–Kier alpha value is -0.0400. The summed E-state index contributed by atoms with van der Waals surface area (Å²) in [6.45, 7) is 4.62. The van der Waals surface area contributed by atoms with Gasteiger partial charge in [-0.1, -0.05) is 58.3 Å². The Balaban J connectivity index is 1.86. The van der Waals surface area contributed by atoms with E-state index in [2.05, 4.69) is 19.2 Å². The minimum atomic E-state index is 0.767. The largest absolute Gasteiger partial charge is 0.312 e. The summed E-state index contributed by atoms with van der Waals surface area (Å²) >= 11 is 0. The monoisotopic (exact) mass is 225 g/mol. The van der Waals surface area contributed by atoms with Crippen molar-refractivity contribution in [2.75, 3.05) is 0 Å². The van der Waals surface area contributed by atoms with Crippen LogP contribution in [0, 0.1) is 0 Å². The molecule has 0 saturated carbocycles. The molecule has 1 heteroatoms. The molecule has 0 aliphatic carbocycles. The first-order valence-electron chi connectivity index (χ1n) is 7.59. The summed E-state index contributed by atoms with van der Waals surface area (Å²) in [5.74, 6) is 0. The maximum Gasteiger partial charge on any atom is 0.00695 e. The Morgan fingerprint density at radius 1 is 0.938 bits per heavy atom. The van der Waals surface area contributed by atoms with E-state index in [-0.39, 0.29) is 0 Å². The van der Waals surface area contributed by atoms with E-state index in [1.165, 1.54) is 70.6 Å².